The van der Waals surface area contributed by atoms with Crippen molar-refractivity contribution < 1.29 is 4.74 Å². The maximum Gasteiger partial charge on any atom is 0.119 e. The minimum Gasteiger partial charge on any atom is -0.494 e. The molecule has 0 saturated heterocycles. The van der Waals surface area contributed by atoms with Gasteiger partial charge in [-0.3, -0.25) is 0 Å². The predicted octanol–water partition coefficient (Wildman–Crippen LogP) is 10.6. The molecular weight excluding hydrogens is 412 g/mol. The zero-order valence-electron chi connectivity index (χ0n) is 22.9. The average molecular weight is 469 g/mol. The Morgan fingerprint density at radius 3 is 1.68 bits per heavy atom. The van der Waals surface area contributed by atoms with Crippen LogP contribution in [-0.4, -0.2) is 6.61 Å². The van der Waals surface area contributed by atoms with Gasteiger partial charge in [0.05, 0.1) is 6.61 Å². The van der Waals surface area contributed by atoms with Crippen LogP contribution >= 0.6 is 0 Å². The molecule has 2 aliphatic carbocycles. The SMILES string of the molecule is CCCCCCCC1CCC(CCc2ccc(OCCCC3CCC(CCC)CC3)cc2)CC1. The predicted molar refractivity (Wildman–Crippen MR) is 149 cm³/mol. The first-order chi connectivity index (χ1) is 16.8. The van der Waals surface area contributed by atoms with Gasteiger partial charge in [0.25, 0.3) is 0 Å². The van der Waals surface area contributed by atoms with Gasteiger partial charge < -0.3 is 4.74 Å². The van der Waals surface area contributed by atoms with E-state index in [1.165, 1.54) is 134 Å². The lowest BCUT2D eigenvalue weighted by Crippen LogP contribution is -2.15. The third-order valence-electron chi connectivity index (χ3n) is 9.14. The molecule has 0 amide bonds. The summed E-state index contributed by atoms with van der Waals surface area (Å²) in [5.74, 6) is 5.04. The van der Waals surface area contributed by atoms with E-state index in [2.05, 4.69) is 38.1 Å². The van der Waals surface area contributed by atoms with E-state index in [0.29, 0.717) is 0 Å². The van der Waals surface area contributed by atoms with Gasteiger partial charge in [0, 0.05) is 0 Å². The van der Waals surface area contributed by atoms with E-state index in [1.807, 2.05) is 0 Å². The van der Waals surface area contributed by atoms with E-state index in [4.69, 9.17) is 4.74 Å². The van der Waals surface area contributed by atoms with Gasteiger partial charge in [0.1, 0.15) is 5.75 Å². The molecule has 2 saturated carbocycles. The van der Waals surface area contributed by atoms with Crippen LogP contribution in [0.1, 0.15) is 141 Å². The Kier molecular flexibility index (Phi) is 13.5. The van der Waals surface area contributed by atoms with Crippen LogP contribution in [0.3, 0.4) is 0 Å². The molecule has 0 aromatic heterocycles. The Bertz CT molecular complexity index is 604. The molecule has 2 fully saturated rings. The molecule has 2 aliphatic rings. The highest BCUT2D eigenvalue weighted by molar-refractivity contribution is 5.27. The third-order valence-corrected chi connectivity index (χ3v) is 9.14. The molecule has 0 aliphatic heterocycles. The Balaban J connectivity index is 1.21. The lowest BCUT2D eigenvalue weighted by molar-refractivity contribution is 0.230. The van der Waals surface area contributed by atoms with Crippen LogP contribution in [0.2, 0.25) is 0 Å². The minimum atomic E-state index is 0.885. The van der Waals surface area contributed by atoms with Gasteiger partial charge >= 0.3 is 0 Å². The van der Waals surface area contributed by atoms with Crippen molar-refractivity contribution >= 4 is 0 Å². The first-order valence-corrected chi connectivity index (χ1v) is 15.5. The second-order valence-corrected chi connectivity index (χ2v) is 11.9. The van der Waals surface area contributed by atoms with E-state index in [0.717, 1.165) is 36.0 Å². The fraction of sp³-hybridized carbons (Fsp3) is 0.818. The molecule has 34 heavy (non-hydrogen) atoms. The number of aryl methyl sites for hydroxylation is 1. The molecule has 0 radical (unpaired) electrons. The molecule has 194 valence electrons. The smallest absolute Gasteiger partial charge is 0.119 e. The van der Waals surface area contributed by atoms with E-state index in [1.54, 1.807) is 0 Å². The second-order valence-electron chi connectivity index (χ2n) is 11.9. The number of benzene rings is 1. The molecule has 0 bridgehead atoms. The molecule has 0 N–H and O–H groups in total. The van der Waals surface area contributed by atoms with Crippen molar-refractivity contribution in [2.24, 2.45) is 23.7 Å². The van der Waals surface area contributed by atoms with E-state index < -0.39 is 0 Å². The van der Waals surface area contributed by atoms with Crippen LogP contribution in [0.25, 0.3) is 0 Å². The summed E-state index contributed by atoms with van der Waals surface area (Å²) in [7, 11) is 0. The van der Waals surface area contributed by atoms with Crippen LogP contribution < -0.4 is 4.74 Å². The van der Waals surface area contributed by atoms with Gasteiger partial charge in [-0.1, -0.05) is 129 Å². The third kappa shape index (κ3) is 10.7. The lowest BCUT2D eigenvalue weighted by Gasteiger charge is -2.28. The van der Waals surface area contributed by atoms with Gasteiger partial charge in [0.15, 0.2) is 0 Å². The number of unbranched alkanes of at least 4 members (excludes halogenated alkanes) is 4. The first-order valence-electron chi connectivity index (χ1n) is 15.5. The minimum absolute atomic E-state index is 0.885. The molecule has 1 nitrogen and oxygen atoms in total. The summed E-state index contributed by atoms with van der Waals surface area (Å²) in [6.07, 6.45) is 28.5. The molecule has 0 spiro atoms. The zero-order valence-corrected chi connectivity index (χ0v) is 22.9. The van der Waals surface area contributed by atoms with Crippen LogP contribution in [0.15, 0.2) is 24.3 Å². The normalized spacial score (nSPS) is 25.4. The van der Waals surface area contributed by atoms with E-state index in [9.17, 15) is 0 Å². The van der Waals surface area contributed by atoms with E-state index in [-0.39, 0.29) is 0 Å². The van der Waals surface area contributed by atoms with Crippen molar-refractivity contribution in [3.8, 4) is 5.75 Å². The lowest BCUT2D eigenvalue weighted by atomic mass is 9.78. The molecule has 1 aromatic rings. The maximum atomic E-state index is 6.07. The van der Waals surface area contributed by atoms with Gasteiger partial charge in [-0.2, -0.15) is 0 Å². The van der Waals surface area contributed by atoms with Gasteiger partial charge in [-0.15, -0.1) is 0 Å². The average Bonchev–Trinajstić information content (AvgIpc) is 2.88. The highest BCUT2D eigenvalue weighted by atomic mass is 16.5. The zero-order chi connectivity index (χ0) is 23.8. The Morgan fingerprint density at radius 2 is 1.09 bits per heavy atom. The van der Waals surface area contributed by atoms with Gasteiger partial charge in [-0.25, -0.2) is 0 Å². The fourth-order valence-corrected chi connectivity index (χ4v) is 6.75. The standard InChI is InChI=1S/C33H56O/c1-3-5-6-7-8-11-29-17-19-31(20-18-29)21-22-32-23-25-33(26-24-32)34-27-9-12-30-15-13-28(10-4-2)14-16-30/h23-26,28-31H,3-22,27H2,1-2H3. The topological polar surface area (TPSA) is 9.23 Å². The molecule has 1 aromatic carbocycles. The Labute approximate surface area is 212 Å². The summed E-state index contributed by atoms with van der Waals surface area (Å²) in [5.41, 5.74) is 1.49. The Hall–Kier alpha value is -0.980. The molecule has 0 atom stereocenters. The largest absolute Gasteiger partial charge is 0.494 e. The monoisotopic (exact) mass is 468 g/mol. The summed E-state index contributed by atoms with van der Waals surface area (Å²) in [6, 6.07) is 9.04. The fourth-order valence-electron chi connectivity index (χ4n) is 6.75. The summed E-state index contributed by atoms with van der Waals surface area (Å²) >= 11 is 0. The van der Waals surface area contributed by atoms with Crippen LogP contribution in [0, 0.1) is 23.7 Å². The van der Waals surface area contributed by atoms with Crippen molar-refractivity contribution in [3.05, 3.63) is 29.8 Å². The number of hydrogen-bond acceptors (Lipinski definition) is 1. The maximum absolute atomic E-state index is 6.07. The van der Waals surface area contributed by atoms with E-state index >= 15 is 0 Å². The quantitative estimate of drug-likeness (QED) is 0.219. The molecular formula is C33H56O. The summed E-state index contributed by atoms with van der Waals surface area (Å²) in [5, 5.41) is 0. The first kappa shape index (κ1) is 27.6. The highest BCUT2D eigenvalue weighted by Crippen LogP contribution is 2.35. The van der Waals surface area contributed by atoms with Crippen molar-refractivity contribution in [1.29, 1.82) is 0 Å². The summed E-state index contributed by atoms with van der Waals surface area (Å²) < 4.78 is 6.07. The number of hydrogen-bond donors (Lipinski definition) is 0. The van der Waals surface area contributed by atoms with Gasteiger partial charge in [0.2, 0.25) is 0 Å². The molecule has 0 unspecified atom stereocenters. The molecule has 0 heterocycles. The number of ether oxygens (including phenoxy) is 1. The van der Waals surface area contributed by atoms with Gasteiger partial charge in [-0.05, 0) is 67.1 Å². The van der Waals surface area contributed by atoms with Crippen molar-refractivity contribution in [2.75, 3.05) is 6.61 Å². The van der Waals surface area contributed by atoms with Crippen LogP contribution in [0.5, 0.6) is 5.75 Å². The van der Waals surface area contributed by atoms with Crippen molar-refractivity contribution in [1.82, 2.24) is 0 Å². The van der Waals surface area contributed by atoms with Crippen LogP contribution in [0.4, 0.5) is 0 Å². The second kappa shape index (κ2) is 16.6. The summed E-state index contributed by atoms with van der Waals surface area (Å²) in [6.45, 7) is 5.53. The molecule has 3 rings (SSSR count). The number of rotatable bonds is 16. The van der Waals surface area contributed by atoms with Crippen molar-refractivity contribution in [3.63, 3.8) is 0 Å². The Morgan fingerprint density at radius 1 is 0.559 bits per heavy atom. The molecule has 1 heteroatoms. The van der Waals surface area contributed by atoms with Crippen molar-refractivity contribution in [2.45, 2.75) is 142 Å². The summed E-state index contributed by atoms with van der Waals surface area (Å²) in [4.78, 5) is 0. The van der Waals surface area contributed by atoms with Crippen LogP contribution in [-0.2, 0) is 6.42 Å². The highest BCUT2D eigenvalue weighted by Gasteiger charge is 2.21.